The largest absolute Gasteiger partial charge is 0.468 e. The minimum absolute atomic E-state index is 0.486. The summed E-state index contributed by atoms with van der Waals surface area (Å²) >= 11 is 0. The molecule has 96 valence electrons. The molecule has 3 aliphatic heterocycles. The highest BCUT2D eigenvalue weighted by molar-refractivity contribution is 5.05. The van der Waals surface area contributed by atoms with Crippen LogP contribution in [0, 0.1) is 24.2 Å². The second-order valence-electron chi connectivity index (χ2n) is 5.42. The number of rotatable bonds is 4. The first-order valence-corrected chi connectivity index (χ1v) is 6.80. The normalized spacial score (nSPS) is 34.4. The van der Waals surface area contributed by atoms with Gasteiger partial charge in [0.25, 0.3) is 0 Å². The van der Waals surface area contributed by atoms with Crippen LogP contribution in [-0.4, -0.2) is 30.6 Å². The van der Waals surface area contributed by atoms with Gasteiger partial charge >= 0.3 is 0 Å². The van der Waals surface area contributed by atoms with E-state index in [1.54, 1.807) is 6.26 Å². The lowest BCUT2D eigenvalue weighted by Gasteiger charge is -2.48. The molecule has 0 spiro atoms. The number of nitrogens with one attached hydrogen (secondary N) is 1. The molecule has 0 amide bonds. The van der Waals surface area contributed by atoms with Crippen molar-refractivity contribution in [3.63, 3.8) is 0 Å². The number of piperidine rings is 3. The summed E-state index contributed by atoms with van der Waals surface area (Å²) in [6.45, 7) is 4.17. The first-order valence-electron chi connectivity index (χ1n) is 6.80. The van der Waals surface area contributed by atoms with Crippen LogP contribution in [0.5, 0.6) is 0 Å². The zero-order valence-electron chi connectivity index (χ0n) is 10.6. The Labute approximate surface area is 109 Å². The highest BCUT2D eigenvalue weighted by Crippen LogP contribution is 2.35. The summed E-state index contributed by atoms with van der Waals surface area (Å²) in [5.41, 5.74) is 0. The molecule has 1 N–H and O–H groups in total. The van der Waals surface area contributed by atoms with Gasteiger partial charge in [0, 0.05) is 25.0 Å². The number of terminal acetylenes is 1. The molecule has 3 aliphatic rings. The van der Waals surface area contributed by atoms with Gasteiger partial charge < -0.3 is 9.73 Å². The fourth-order valence-corrected chi connectivity index (χ4v) is 3.31. The predicted octanol–water partition coefficient (Wildman–Crippen LogP) is 1.71. The summed E-state index contributed by atoms with van der Waals surface area (Å²) in [5.74, 6) is 5.20. The van der Waals surface area contributed by atoms with Gasteiger partial charge in [0.1, 0.15) is 5.76 Å². The van der Waals surface area contributed by atoms with Gasteiger partial charge in [-0.3, -0.25) is 4.90 Å². The minimum atomic E-state index is 0.486. The molecule has 4 rings (SSSR count). The van der Waals surface area contributed by atoms with Crippen LogP contribution in [0.4, 0.5) is 0 Å². The summed E-state index contributed by atoms with van der Waals surface area (Å²) in [5, 5.41) is 3.49. The lowest BCUT2D eigenvalue weighted by atomic mass is 9.76. The van der Waals surface area contributed by atoms with E-state index in [0.29, 0.717) is 12.0 Å². The Morgan fingerprint density at radius 2 is 2.50 bits per heavy atom. The Balaban J connectivity index is 1.49. The van der Waals surface area contributed by atoms with Gasteiger partial charge in [0.2, 0.25) is 0 Å². The quantitative estimate of drug-likeness (QED) is 0.817. The van der Waals surface area contributed by atoms with Gasteiger partial charge in [-0.15, -0.1) is 12.3 Å². The van der Waals surface area contributed by atoms with Crippen LogP contribution in [0.25, 0.3) is 0 Å². The smallest absolute Gasteiger partial charge is 0.117 e. The number of hydrogen-bond donors (Lipinski definition) is 1. The van der Waals surface area contributed by atoms with Crippen LogP contribution in [0.15, 0.2) is 22.8 Å². The number of nitrogens with zero attached hydrogens (tertiary/aromatic N) is 1. The lowest BCUT2D eigenvalue weighted by molar-refractivity contribution is 0.0226. The third kappa shape index (κ3) is 2.31. The van der Waals surface area contributed by atoms with Crippen molar-refractivity contribution in [2.24, 2.45) is 11.8 Å². The average molecular weight is 244 g/mol. The Morgan fingerprint density at radius 3 is 3.17 bits per heavy atom. The molecule has 4 heterocycles. The van der Waals surface area contributed by atoms with Crippen molar-refractivity contribution < 1.29 is 4.42 Å². The van der Waals surface area contributed by atoms with E-state index in [1.807, 2.05) is 12.1 Å². The molecule has 4 atom stereocenters. The molecule has 0 saturated carbocycles. The molecular weight excluding hydrogens is 224 g/mol. The SMILES string of the molecule is C#C[C@@H]1CN2CC[C@H]1C[C@@H]2CNCc1ccco1. The van der Waals surface area contributed by atoms with Gasteiger partial charge in [-0.2, -0.15) is 0 Å². The van der Waals surface area contributed by atoms with E-state index in [0.717, 1.165) is 31.3 Å². The lowest BCUT2D eigenvalue weighted by Crippen LogP contribution is -2.55. The first-order chi connectivity index (χ1) is 8.86. The molecule has 1 unspecified atom stereocenters. The van der Waals surface area contributed by atoms with E-state index in [2.05, 4.69) is 16.1 Å². The Morgan fingerprint density at radius 1 is 1.56 bits per heavy atom. The maximum atomic E-state index is 5.59. The second kappa shape index (κ2) is 5.17. The number of fused-ring (bicyclic) bond motifs is 3. The van der Waals surface area contributed by atoms with E-state index < -0.39 is 0 Å². The molecule has 3 fully saturated rings. The van der Waals surface area contributed by atoms with Gasteiger partial charge in [-0.1, -0.05) is 0 Å². The van der Waals surface area contributed by atoms with Crippen molar-refractivity contribution in [2.75, 3.05) is 19.6 Å². The van der Waals surface area contributed by atoms with E-state index in [1.165, 1.54) is 19.4 Å². The first kappa shape index (κ1) is 11.8. The summed E-state index contributed by atoms with van der Waals surface area (Å²) in [6.07, 6.45) is 9.85. The molecule has 1 aromatic heterocycles. The van der Waals surface area contributed by atoms with E-state index in [4.69, 9.17) is 10.8 Å². The number of furan rings is 1. The van der Waals surface area contributed by atoms with Crippen LogP contribution < -0.4 is 5.32 Å². The molecule has 0 aliphatic carbocycles. The van der Waals surface area contributed by atoms with E-state index in [9.17, 15) is 0 Å². The van der Waals surface area contributed by atoms with Gasteiger partial charge in [-0.25, -0.2) is 0 Å². The molecule has 18 heavy (non-hydrogen) atoms. The van der Waals surface area contributed by atoms with Crippen molar-refractivity contribution in [2.45, 2.75) is 25.4 Å². The minimum Gasteiger partial charge on any atom is -0.468 e. The van der Waals surface area contributed by atoms with Crippen molar-refractivity contribution in [1.29, 1.82) is 0 Å². The molecule has 3 nitrogen and oxygen atoms in total. The third-order valence-electron chi connectivity index (χ3n) is 4.35. The summed E-state index contributed by atoms with van der Waals surface area (Å²) < 4.78 is 5.32. The standard InChI is InChI=1S/C15H20N2O/c1-2-12-11-17-6-5-13(12)8-14(17)9-16-10-15-4-3-7-18-15/h1,3-4,7,12-14,16H,5-6,8-11H2/t12-,13+,14-/m1/s1. The second-order valence-corrected chi connectivity index (χ2v) is 5.42. The van der Waals surface area contributed by atoms with Gasteiger partial charge in [0.15, 0.2) is 0 Å². The highest BCUT2D eigenvalue weighted by Gasteiger charge is 2.38. The van der Waals surface area contributed by atoms with Crippen molar-refractivity contribution >= 4 is 0 Å². The Bertz CT molecular complexity index is 420. The van der Waals surface area contributed by atoms with E-state index in [-0.39, 0.29) is 0 Å². The summed E-state index contributed by atoms with van der Waals surface area (Å²) in [6, 6.07) is 4.60. The molecule has 3 heteroatoms. The van der Waals surface area contributed by atoms with Crippen LogP contribution in [0.3, 0.4) is 0 Å². The van der Waals surface area contributed by atoms with Gasteiger partial charge in [-0.05, 0) is 37.4 Å². The van der Waals surface area contributed by atoms with Crippen molar-refractivity contribution in [1.82, 2.24) is 10.2 Å². The van der Waals surface area contributed by atoms with Crippen LogP contribution in [0.2, 0.25) is 0 Å². The zero-order valence-corrected chi connectivity index (χ0v) is 10.6. The van der Waals surface area contributed by atoms with Crippen LogP contribution >= 0.6 is 0 Å². The fourth-order valence-electron chi connectivity index (χ4n) is 3.31. The highest BCUT2D eigenvalue weighted by atomic mass is 16.3. The maximum Gasteiger partial charge on any atom is 0.117 e. The molecular formula is C15H20N2O. The summed E-state index contributed by atoms with van der Waals surface area (Å²) in [7, 11) is 0. The molecule has 0 radical (unpaired) electrons. The third-order valence-corrected chi connectivity index (χ3v) is 4.35. The molecule has 0 aromatic carbocycles. The topological polar surface area (TPSA) is 28.4 Å². The summed E-state index contributed by atoms with van der Waals surface area (Å²) in [4.78, 5) is 2.56. The maximum absolute atomic E-state index is 5.59. The monoisotopic (exact) mass is 244 g/mol. The zero-order chi connectivity index (χ0) is 12.4. The van der Waals surface area contributed by atoms with Gasteiger partial charge in [0.05, 0.1) is 12.8 Å². The molecule has 3 saturated heterocycles. The fraction of sp³-hybridized carbons (Fsp3) is 0.600. The average Bonchev–Trinajstić information content (AvgIpc) is 2.92. The van der Waals surface area contributed by atoms with E-state index >= 15 is 0 Å². The molecule has 1 aromatic rings. The van der Waals surface area contributed by atoms with Crippen LogP contribution in [-0.2, 0) is 6.54 Å². The molecule has 2 bridgehead atoms. The Hall–Kier alpha value is -1.24. The number of hydrogen-bond acceptors (Lipinski definition) is 3. The predicted molar refractivity (Wildman–Crippen MR) is 70.8 cm³/mol. The van der Waals surface area contributed by atoms with Crippen molar-refractivity contribution in [3.8, 4) is 12.3 Å². The van der Waals surface area contributed by atoms with Crippen molar-refractivity contribution in [3.05, 3.63) is 24.2 Å². The Kier molecular flexibility index (Phi) is 3.40. The van der Waals surface area contributed by atoms with Crippen LogP contribution in [0.1, 0.15) is 18.6 Å².